The van der Waals surface area contributed by atoms with Gasteiger partial charge in [-0.05, 0) is 13.3 Å². The van der Waals surface area contributed by atoms with Crippen LogP contribution in [0, 0.1) is 0 Å². The van der Waals surface area contributed by atoms with Gasteiger partial charge in [-0.15, -0.1) is 11.3 Å². The zero-order chi connectivity index (χ0) is 13.0. The molecule has 0 saturated carbocycles. The topological polar surface area (TPSA) is 72.7 Å². The number of rotatable bonds is 5. The number of hydrogen-bond acceptors (Lipinski definition) is 5. The fourth-order valence-electron chi connectivity index (χ4n) is 1.65. The first kappa shape index (κ1) is 12.7. The molecule has 0 aliphatic heterocycles. The summed E-state index contributed by atoms with van der Waals surface area (Å²) in [5.74, 6) is 0.579. The molecule has 1 atom stereocenters. The van der Waals surface area contributed by atoms with E-state index in [1.807, 2.05) is 11.6 Å². The Labute approximate surface area is 109 Å². The van der Waals surface area contributed by atoms with E-state index in [1.54, 1.807) is 10.9 Å². The largest absolute Gasteiger partial charge is 0.341 e. The Morgan fingerprint density at radius 1 is 1.56 bits per heavy atom. The van der Waals surface area contributed by atoms with E-state index in [2.05, 4.69) is 27.3 Å². The molecule has 0 saturated heterocycles. The summed E-state index contributed by atoms with van der Waals surface area (Å²) in [5, 5.41) is 8.72. The van der Waals surface area contributed by atoms with Crippen molar-refractivity contribution in [1.29, 1.82) is 0 Å². The quantitative estimate of drug-likeness (QED) is 0.892. The van der Waals surface area contributed by atoms with Gasteiger partial charge in [0.2, 0.25) is 0 Å². The van der Waals surface area contributed by atoms with Crippen molar-refractivity contribution in [3.63, 3.8) is 0 Å². The lowest BCUT2D eigenvalue weighted by atomic mass is 10.3. The van der Waals surface area contributed by atoms with Gasteiger partial charge in [-0.1, -0.05) is 6.92 Å². The second-order valence-electron chi connectivity index (χ2n) is 3.91. The van der Waals surface area contributed by atoms with E-state index in [0.29, 0.717) is 5.69 Å². The molecule has 96 valence electrons. The van der Waals surface area contributed by atoms with Crippen LogP contribution in [-0.4, -0.2) is 25.7 Å². The lowest BCUT2D eigenvalue weighted by Crippen LogP contribution is -2.29. The number of hydrogen-bond donors (Lipinski definition) is 1. The first-order valence-corrected chi connectivity index (χ1v) is 6.73. The molecule has 7 heteroatoms. The molecule has 1 N–H and O–H groups in total. The molecule has 2 aromatic rings. The van der Waals surface area contributed by atoms with E-state index >= 15 is 0 Å². The first-order chi connectivity index (χ1) is 8.72. The summed E-state index contributed by atoms with van der Waals surface area (Å²) in [4.78, 5) is 20.0. The van der Waals surface area contributed by atoms with Crippen LogP contribution in [0.25, 0.3) is 0 Å². The van der Waals surface area contributed by atoms with Crippen molar-refractivity contribution >= 4 is 17.2 Å². The predicted octanol–water partition coefficient (Wildman–Crippen LogP) is 1.64. The van der Waals surface area contributed by atoms with E-state index in [0.717, 1.165) is 18.8 Å². The molecule has 6 nitrogen and oxygen atoms in total. The maximum absolute atomic E-state index is 11.9. The summed E-state index contributed by atoms with van der Waals surface area (Å²) >= 11 is 1.40. The smallest absolute Gasteiger partial charge is 0.271 e. The number of carbonyl (C=O) groups is 1. The normalized spacial score (nSPS) is 12.3. The van der Waals surface area contributed by atoms with Gasteiger partial charge in [0.05, 0.1) is 11.6 Å². The fourth-order valence-corrected chi connectivity index (χ4v) is 2.18. The highest BCUT2D eigenvalue weighted by molar-refractivity contribution is 7.07. The second kappa shape index (κ2) is 5.72. The van der Waals surface area contributed by atoms with Gasteiger partial charge >= 0.3 is 0 Å². The second-order valence-corrected chi connectivity index (χ2v) is 4.63. The lowest BCUT2D eigenvalue weighted by Gasteiger charge is -2.13. The molecule has 0 spiro atoms. The standard InChI is InChI=1S/C11H15N5OS/c1-3-4-16-10(12-6-14-16)8(2)15-11(17)9-5-18-7-13-9/h5-8H,3-4H2,1-2H3,(H,15,17)/t8-/m0/s1. The summed E-state index contributed by atoms with van der Waals surface area (Å²) in [6.45, 7) is 4.76. The van der Waals surface area contributed by atoms with Gasteiger partial charge in [0.15, 0.2) is 0 Å². The molecule has 0 aromatic carbocycles. The van der Waals surface area contributed by atoms with Crippen molar-refractivity contribution in [3.05, 3.63) is 28.7 Å². The lowest BCUT2D eigenvalue weighted by molar-refractivity contribution is 0.0933. The Morgan fingerprint density at radius 3 is 3.06 bits per heavy atom. The van der Waals surface area contributed by atoms with Crippen LogP contribution in [0.4, 0.5) is 0 Å². The molecular weight excluding hydrogens is 250 g/mol. The summed E-state index contributed by atoms with van der Waals surface area (Å²) in [5.41, 5.74) is 2.08. The molecule has 0 unspecified atom stereocenters. The van der Waals surface area contributed by atoms with Crippen molar-refractivity contribution < 1.29 is 4.79 Å². The zero-order valence-electron chi connectivity index (χ0n) is 10.3. The van der Waals surface area contributed by atoms with Crippen molar-refractivity contribution in [1.82, 2.24) is 25.1 Å². The van der Waals surface area contributed by atoms with Crippen molar-refractivity contribution in [3.8, 4) is 0 Å². The van der Waals surface area contributed by atoms with Gasteiger partial charge in [0.1, 0.15) is 17.8 Å². The van der Waals surface area contributed by atoms with Gasteiger partial charge in [0, 0.05) is 11.9 Å². The average Bonchev–Trinajstić information content (AvgIpc) is 3.00. The maximum Gasteiger partial charge on any atom is 0.271 e. The van der Waals surface area contributed by atoms with Crippen LogP contribution in [0.3, 0.4) is 0 Å². The van der Waals surface area contributed by atoms with E-state index in [-0.39, 0.29) is 11.9 Å². The third-order valence-electron chi connectivity index (χ3n) is 2.48. The molecule has 0 bridgehead atoms. The van der Waals surface area contributed by atoms with Crippen LogP contribution < -0.4 is 5.32 Å². The Bertz CT molecular complexity index is 507. The van der Waals surface area contributed by atoms with Gasteiger partial charge in [-0.2, -0.15) is 5.10 Å². The highest BCUT2D eigenvalue weighted by Gasteiger charge is 2.17. The van der Waals surface area contributed by atoms with Crippen LogP contribution in [-0.2, 0) is 6.54 Å². The minimum Gasteiger partial charge on any atom is -0.341 e. The molecule has 2 heterocycles. The van der Waals surface area contributed by atoms with E-state index in [4.69, 9.17) is 0 Å². The molecule has 0 radical (unpaired) electrons. The van der Waals surface area contributed by atoms with E-state index < -0.39 is 0 Å². The number of amides is 1. The minimum atomic E-state index is -0.187. The van der Waals surface area contributed by atoms with Crippen LogP contribution in [0.2, 0.25) is 0 Å². The monoisotopic (exact) mass is 265 g/mol. The molecule has 2 rings (SSSR count). The van der Waals surface area contributed by atoms with Crippen LogP contribution in [0.1, 0.15) is 42.6 Å². The predicted molar refractivity (Wildman–Crippen MR) is 68.3 cm³/mol. The molecule has 18 heavy (non-hydrogen) atoms. The van der Waals surface area contributed by atoms with Gasteiger partial charge < -0.3 is 5.32 Å². The first-order valence-electron chi connectivity index (χ1n) is 5.79. The number of carbonyl (C=O) groups excluding carboxylic acids is 1. The third-order valence-corrected chi connectivity index (χ3v) is 3.07. The molecule has 1 amide bonds. The van der Waals surface area contributed by atoms with Gasteiger partial charge in [-0.25, -0.2) is 14.6 Å². The molecular formula is C11H15N5OS. The number of nitrogens with zero attached hydrogens (tertiary/aromatic N) is 4. The van der Waals surface area contributed by atoms with Crippen molar-refractivity contribution in [2.75, 3.05) is 0 Å². The molecule has 2 aromatic heterocycles. The van der Waals surface area contributed by atoms with Crippen LogP contribution >= 0.6 is 11.3 Å². The third kappa shape index (κ3) is 2.73. The highest BCUT2D eigenvalue weighted by Crippen LogP contribution is 2.10. The van der Waals surface area contributed by atoms with Crippen LogP contribution in [0.15, 0.2) is 17.2 Å². The maximum atomic E-state index is 11.9. The number of nitrogens with one attached hydrogen (secondary N) is 1. The Balaban J connectivity index is 2.05. The van der Waals surface area contributed by atoms with E-state index in [1.165, 1.54) is 17.7 Å². The zero-order valence-corrected chi connectivity index (χ0v) is 11.1. The fraction of sp³-hybridized carbons (Fsp3) is 0.455. The SMILES string of the molecule is CCCn1ncnc1[C@H](C)NC(=O)c1cscn1. The molecule has 0 aliphatic carbocycles. The minimum absolute atomic E-state index is 0.185. The number of aromatic nitrogens is 4. The Morgan fingerprint density at radius 2 is 2.39 bits per heavy atom. The van der Waals surface area contributed by atoms with Crippen molar-refractivity contribution in [2.45, 2.75) is 32.9 Å². The summed E-state index contributed by atoms with van der Waals surface area (Å²) in [6.07, 6.45) is 2.49. The Hall–Kier alpha value is -1.76. The average molecular weight is 265 g/mol. The van der Waals surface area contributed by atoms with Gasteiger partial charge in [0.25, 0.3) is 5.91 Å². The summed E-state index contributed by atoms with van der Waals surface area (Å²) in [6, 6.07) is -0.187. The molecule has 0 fully saturated rings. The summed E-state index contributed by atoms with van der Waals surface area (Å²) in [7, 11) is 0. The Kier molecular flexibility index (Phi) is 4.03. The summed E-state index contributed by atoms with van der Waals surface area (Å²) < 4.78 is 1.81. The number of thiazole rings is 1. The molecule has 0 aliphatic rings. The highest BCUT2D eigenvalue weighted by atomic mass is 32.1. The van der Waals surface area contributed by atoms with E-state index in [9.17, 15) is 4.79 Å². The van der Waals surface area contributed by atoms with Gasteiger partial charge in [-0.3, -0.25) is 4.79 Å². The van der Waals surface area contributed by atoms with Crippen LogP contribution in [0.5, 0.6) is 0 Å². The van der Waals surface area contributed by atoms with Crippen molar-refractivity contribution in [2.24, 2.45) is 0 Å². The number of aryl methyl sites for hydroxylation is 1.